The SMILES string of the molecule is CC(C)n1[nH]nc2c3ccnc3ccc21. The second-order valence-corrected chi connectivity index (χ2v) is 3.99. The van der Waals surface area contributed by atoms with Crippen LogP contribution in [0, 0.1) is 0 Å². The van der Waals surface area contributed by atoms with Gasteiger partial charge >= 0.3 is 0 Å². The third kappa shape index (κ3) is 1.08. The molecule has 0 bridgehead atoms. The van der Waals surface area contributed by atoms with Crippen molar-refractivity contribution >= 4 is 21.9 Å². The van der Waals surface area contributed by atoms with Crippen LogP contribution in [0.2, 0.25) is 0 Å². The third-order valence-electron chi connectivity index (χ3n) is 2.67. The zero-order chi connectivity index (χ0) is 10.4. The van der Waals surface area contributed by atoms with E-state index in [1.807, 2.05) is 18.3 Å². The van der Waals surface area contributed by atoms with Gasteiger partial charge in [-0.1, -0.05) is 0 Å². The van der Waals surface area contributed by atoms with Crippen molar-refractivity contribution in [2.24, 2.45) is 0 Å². The molecule has 4 heteroatoms. The Kier molecular flexibility index (Phi) is 1.59. The van der Waals surface area contributed by atoms with Gasteiger partial charge in [0.25, 0.3) is 0 Å². The van der Waals surface area contributed by atoms with Crippen LogP contribution in [-0.2, 0) is 0 Å². The molecule has 0 aliphatic heterocycles. The van der Waals surface area contributed by atoms with E-state index in [0.29, 0.717) is 6.04 Å². The topological polar surface area (TPSA) is 46.5 Å². The predicted molar refractivity (Wildman–Crippen MR) is 59.8 cm³/mol. The maximum atomic E-state index is 4.34. The molecule has 0 fully saturated rings. The lowest BCUT2D eigenvalue weighted by molar-refractivity contribution is 0.530. The minimum atomic E-state index is 0.385. The summed E-state index contributed by atoms with van der Waals surface area (Å²) in [5.74, 6) is 0. The summed E-state index contributed by atoms with van der Waals surface area (Å²) in [6.45, 7) is 4.26. The fourth-order valence-corrected chi connectivity index (χ4v) is 1.92. The predicted octanol–water partition coefficient (Wildman–Crippen LogP) is 2.49. The van der Waals surface area contributed by atoms with E-state index >= 15 is 0 Å². The molecule has 4 nitrogen and oxygen atoms in total. The lowest BCUT2D eigenvalue weighted by Crippen LogP contribution is -2.02. The molecule has 0 aliphatic rings. The molecule has 3 rings (SSSR count). The highest BCUT2D eigenvalue weighted by Crippen LogP contribution is 2.23. The first-order valence-electron chi connectivity index (χ1n) is 5.07. The first-order valence-corrected chi connectivity index (χ1v) is 5.07. The highest BCUT2D eigenvalue weighted by Gasteiger charge is 2.09. The van der Waals surface area contributed by atoms with E-state index in [0.717, 1.165) is 21.9 Å². The number of hydrogen-bond donors (Lipinski definition) is 1. The molecule has 76 valence electrons. The fourth-order valence-electron chi connectivity index (χ4n) is 1.92. The molecule has 0 spiro atoms. The molecule has 0 saturated heterocycles. The van der Waals surface area contributed by atoms with E-state index in [-0.39, 0.29) is 0 Å². The van der Waals surface area contributed by atoms with Crippen molar-refractivity contribution in [3.05, 3.63) is 24.4 Å². The molecule has 0 unspecified atom stereocenters. The summed E-state index contributed by atoms with van der Waals surface area (Å²) in [6.07, 6.45) is 1.82. The van der Waals surface area contributed by atoms with Gasteiger partial charge in [0, 0.05) is 17.6 Å². The normalized spacial score (nSPS) is 11.9. The second kappa shape index (κ2) is 2.82. The summed E-state index contributed by atoms with van der Waals surface area (Å²) in [5, 5.41) is 8.49. The average Bonchev–Trinajstić information content (AvgIpc) is 2.82. The highest BCUT2D eigenvalue weighted by atomic mass is 15.4. The first-order chi connectivity index (χ1) is 7.27. The van der Waals surface area contributed by atoms with Crippen LogP contribution in [0.3, 0.4) is 0 Å². The second-order valence-electron chi connectivity index (χ2n) is 3.99. The molecule has 0 aliphatic carbocycles. The van der Waals surface area contributed by atoms with Crippen LogP contribution in [0.1, 0.15) is 19.9 Å². The van der Waals surface area contributed by atoms with E-state index in [1.54, 1.807) is 0 Å². The van der Waals surface area contributed by atoms with Crippen LogP contribution in [0.25, 0.3) is 21.9 Å². The Bertz CT molecular complexity index is 618. The number of aromatic nitrogens is 4. The van der Waals surface area contributed by atoms with Gasteiger partial charge < -0.3 is 0 Å². The molecule has 0 radical (unpaired) electrons. The van der Waals surface area contributed by atoms with Crippen LogP contribution in [0.5, 0.6) is 0 Å². The van der Waals surface area contributed by atoms with Crippen molar-refractivity contribution in [2.75, 3.05) is 0 Å². The lowest BCUT2D eigenvalue weighted by Gasteiger charge is -2.06. The number of fused-ring (bicyclic) bond motifs is 3. The van der Waals surface area contributed by atoms with Crippen LogP contribution in [0.15, 0.2) is 24.4 Å². The number of aromatic amines is 1. The molecule has 0 amide bonds. The summed E-state index contributed by atoms with van der Waals surface area (Å²) in [7, 11) is 0. The largest absolute Gasteiger partial charge is 0.267 e. The smallest absolute Gasteiger partial charge is 0.120 e. The van der Waals surface area contributed by atoms with Crippen LogP contribution >= 0.6 is 0 Å². The van der Waals surface area contributed by atoms with Gasteiger partial charge in [0.2, 0.25) is 0 Å². The molecular weight excluding hydrogens is 188 g/mol. The molecule has 1 aromatic carbocycles. The maximum absolute atomic E-state index is 4.34. The monoisotopic (exact) mass is 200 g/mol. The van der Waals surface area contributed by atoms with Gasteiger partial charge in [0.05, 0.1) is 11.0 Å². The van der Waals surface area contributed by atoms with Gasteiger partial charge in [0.15, 0.2) is 0 Å². The Morgan fingerprint density at radius 1 is 1.27 bits per heavy atom. The van der Waals surface area contributed by atoms with Gasteiger partial charge in [0.1, 0.15) is 5.52 Å². The quantitative estimate of drug-likeness (QED) is 0.656. The van der Waals surface area contributed by atoms with Crippen LogP contribution in [-0.4, -0.2) is 20.0 Å². The van der Waals surface area contributed by atoms with Crippen molar-refractivity contribution in [2.45, 2.75) is 19.9 Å². The Balaban J connectivity index is 2.46. The zero-order valence-electron chi connectivity index (χ0n) is 8.73. The summed E-state index contributed by atoms with van der Waals surface area (Å²) < 4.78 is 2.06. The number of rotatable bonds is 1. The zero-order valence-corrected chi connectivity index (χ0v) is 8.73. The first kappa shape index (κ1) is 8.47. The van der Waals surface area contributed by atoms with Gasteiger partial charge in [-0.05, 0) is 32.0 Å². The van der Waals surface area contributed by atoms with E-state index < -0.39 is 0 Å². The molecule has 0 saturated carbocycles. The Morgan fingerprint density at radius 2 is 2.13 bits per heavy atom. The van der Waals surface area contributed by atoms with Gasteiger partial charge in [-0.25, -0.2) is 5.21 Å². The fraction of sp³-hybridized carbons (Fsp3) is 0.273. The molecule has 15 heavy (non-hydrogen) atoms. The Morgan fingerprint density at radius 3 is 2.93 bits per heavy atom. The number of hydrogen-bond acceptors (Lipinski definition) is 2. The third-order valence-corrected chi connectivity index (χ3v) is 2.67. The van der Waals surface area contributed by atoms with Crippen LogP contribution in [0.4, 0.5) is 0 Å². The summed E-state index contributed by atoms with van der Waals surface area (Å²) in [5.41, 5.74) is 3.13. The molecule has 0 atom stereocenters. The standard InChI is InChI=1S/C11H12N4/c1-7(2)15-10-4-3-9-8(5-6-12-9)11(10)13-14-15/h3-7,14H,1-2H3. The van der Waals surface area contributed by atoms with Crippen molar-refractivity contribution in [1.29, 1.82) is 0 Å². The van der Waals surface area contributed by atoms with Crippen molar-refractivity contribution in [3.8, 4) is 0 Å². The molecule has 1 N–H and O–H groups in total. The number of nitrogens with zero attached hydrogens (tertiary/aromatic N) is 3. The van der Waals surface area contributed by atoms with Crippen LogP contribution < -0.4 is 0 Å². The van der Waals surface area contributed by atoms with Gasteiger partial charge in [-0.3, -0.25) is 9.67 Å². The summed E-state index contributed by atoms with van der Waals surface area (Å²) in [6, 6.07) is 6.49. The minimum absolute atomic E-state index is 0.385. The Hall–Kier alpha value is -1.84. The van der Waals surface area contributed by atoms with Gasteiger partial charge in [-0.15, -0.1) is 0 Å². The number of nitrogens with one attached hydrogen (secondary N) is 1. The van der Waals surface area contributed by atoms with E-state index in [9.17, 15) is 0 Å². The van der Waals surface area contributed by atoms with E-state index in [2.05, 4.69) is 39.9 Å². The molecule has 2 heterocycles. The number of benzene rings is 1. The molecule has 2 aromatic heterocycles. The maximum Gasteiger partial charge on any atom is 0.120 e. The van der Waals surface area contributed by atoms with Crippen molar-refractivity contribution < 1.29 is 0 Å². The van der Waals surface area contributed by atoms with E-state index in [4.69, 9.17) is 0 Å². The lowest BCUT2D eigenvalue weighted by atomic mass is 10.2. The van der Waals surface area contributed by atoms with Crippen molar-refractivity contribution in [1.82, 2.24) is 20.0 Å². The molecular formula is C11H12N4. The highest BCUT2D eigenvalue weighted by molar-refractivity contribution is 6.02. The molecule has 3 aromatic rings. The minimum Gasteiger partial charge on any atom is -0.267 e. The Labute approximate surface area is 86.9 Å². The van der Waals surface area contributed by atoms with E-state index in [1.165, 1.54) is 0 Å². The summed E-state index contributed by atoms with van der Waals surface area (Å²) >= 11 is 0. The number of H-pyrrole nitrogens is 1. The average molecular weight is 200 g/mol. The van der Waals surface area contributed by atoms with Crippen molar-refractivity contribution in [3.63, 3.8) is 0 Å². The van der Waals surface area contributed by atoms with Gasteiger partial charge in [-0.2, -0.15) is 5.10 Å². The summed E-state index contributed by atoms with van der Waals surface area (Å²) in [4.78, 5) is 4.26.